The first-order chi connectivity index (χ1) is 12.6. The predicted molar refractivity (Wildman–Crippen MR) is 94.2 cm³/mol. The molecule has 138 valence electrons. The fourth-order valence-corrected chi connectivity index (χ4v) is 3.72. The number of nitrogens with one attached hydrogen (secondary N) is 3. The summed E-state index contributed by atoms with van der Waals surface area (Å²) in [4.78, 5) is 41.0. The van der Waals surface area contributed by atoms with Gasteiger partial charge in [-0.15, -0.1) is 0 Å². The number of piperidine rings is 1. The van der Waals surface area contributed by atoms with E-state index in [2.05, 4.69) is 20.7 Å². The van der Waals surface area contributed by atoms with Gasteiger partial charge in [0.15, 0.2) is 0 Å². The Morgan fingerprint density at radius 1 is 1.15 bits per heavy atom. The van der Waals surface area contributed by atoms with Crippen molar-refractivity contribution in [3.05, 3.63) is 33.9 Å². The maximum Gasteiger partial charge on any atom is 0.259 e. The van der Waals surface area contributed by atoms with E-state index < -0.39 is 0 Å². The number of aromatic amines is 1. The molecule has 2 amide bonds. The second kappa shape index (κ2) is 6.91. The Morgan fingerprint density at radius 2 is 1.96 bits per heavy atom. The van der Waals surface area contributed by atoms with Gasteiger partial charge in [0.1, 0.15) is 11.2 Å². The minimum absolute atomic E-state index is 0.0539. The number of nitrogens with zero attached hydrogens (tertiary/aromatic N) is 3. The zero-order valence-corrected chi connectivity index (χ0v) is 14.5. The maximum atomic E-state index is 12.9. The molecule has 2 aliphatic heterocycles. The molecule has 4 rings (SSSR count). The van der Waals surface area contributed by atoms with E-state index in [9.17, 15) is 14.4 Å². The topological polar surface area (TPSA) is 112 Å². The van der Waals surface area contributed by atoms with Crippen LogP contribution in [0, 0.1) is 0 Å². The minimum Gasteiger partial charge on any atom is -0.354 e. The van der Waals surface area contributed by atoms with E-state index in [1.54, 1.807) is 15.5 Å². The number of hydrogen-bond acceptors (Lipinski definition) is 5. The first kappa shape index (κ1) is 16.8. The first-order valence-electron chi connectivity index (χ1n) is 9.01. The molecule has 26 heavy (non-hydrogen) atoms. The molecule has 0 aromatic carbocycles. The lowest BCUT2D eigenvalue weighted by molar-refractivity contribution is -0.120. The Bertz CT molecular complexity index is 896. The number of H-pyrrole nitrogens is 1. The van der Waals surface area contributed by atoms with Crippen molar-refractivity contribution in [1.82, 2.24) is 30.1 Å². The number of carbonyl (C=O) groups is 2. The summed E-state index contributed by atoms with van der Waals surface area (Å²) >= 11 is 0. The Labute approximate surface area is 149 Å². The first-order valence-corrected chi connectivity index (χ1v) is 9.01. The lowest BCUT2D eigenvalue weighted by atomic mass is 9.94. The largest absolute Gasteiger partial charge is 0.354 e. The Kier molecular flexibility index (Phi) is 4.46. The summed E-state index contributed by atoms with van der Waals surface area (Å²) < 4.78 is 1.69. The van der Waals surface area contributed by atoms with E-state index in [4.69, 9.17) is 0 Å². The van der Waals surface area contributed by atoms with Gasteiger partial charge >= 0.3 is 0 Å². The van der Waals surface area contributed by atoms with Gasteiger partial charge in [0.05, 0.1) is 11.9 Å². The Morgan fingerprint density at radius 3 is 2.77 bits per heavy atom. The number of rotatable bonds is 2. The third kappa shape index (κ3) is 3.10. The highest BCUT2D eigenvalue weighted by molar-refractivity contribution is 6.00. The van der Waals surface area contributed by atoms with Crippen LogP contribution >= 0.6 is 0 Å². The van der Waals surface area contributed by atoms with Gasteiger partial charge in [-0.2, -0.15) is 5.10 Å². The summed E-state index contributed by atoms with van der Waals surface area (Å²) in [7, 11) is 0. The van der Waals surface area contributed by atoms with Crippen molar-refractivity contribution < 1.29 is 9.59 Å². The molecule has 0 saturated carbocycles. The van der Waals surface area contributed by atoms with Gasteiger partial charge in [-0.1, -0.05) is 0 Å². The van der Waals surface area contributed by atoms with Crippen LogP contribution < -0.4 is 16.2 Å². The summed E-state index contributed by atoms with van der Waals surface area (Å²) in [6.07, 6.45) is 3.66. The summed E-state index contributed by atoms with van der Waals surface area (Å²) in [5.41, 5.74) is 1.41. The van der Waals surface area contributed by atoms with Crippen LogP contribution in [0.3, 0.4) is 0 Å². The number of carbonyl (C=O) groups excluding carboxylic acids is 2. The van der Waals surface area contributed by atoms with Gasteiger partial charge in [0.2, 0.25) is 5.91 Å². The Balaban J connectivity index is 1.70. The van der Waals surface area contributed by atoms with Crippen molar-refractivity contribution >= 4 is 17.5 Å². The lowest BCUT2D eigenvalue weighted by Gasteiger charge is -2.23. The summed E-state index contributed by atoms with van der Waals surface area (Å²) in [5, 5.41) is 10.5. The van der Waals surface area contributed by atoms with Gasteiger partial charge in [-0.3, -0.25) is 14.4 Å². The number of fused-ring (bicyclic) bond motifs is 1. The van der Waals surface area contributed by atoms with Crippen LogP contribution in [0.4, 0.5) is 0 Å². The van der Waals surface area contributed by atoms with Gasteiger partial charge in [0, 0.05) is 38.0 Å². The average Bonchev–Trinajstić information content (AvgIpc) is 2.95. The molecule has 0 bridgehead atoms. The van der Waals surface area contributed by atoms with Crippen LogP contribution in [-0.2, 0) is 4.79 Å². The molecule has 0 atom stereocenters. The highest BCUT2D eigenvalue weighted by atomic mass is 16.2. The smallest absolute Gasteiger partial charge is 0.259 e. The molecule has 3 N–H and O–H groups in total. The van der Waals surface area contributed by atoms with Crippen molar-refractivity contribution in [1.29, 1.82) is 0 Å². The monoisotopic (exact) mass is 358 g/mol. The van der Waals surface area contributed by atoms with E-state index in [0.29, 0.717) is 30.8 Å². The SMILES string of the molecule is O=C1CCN(C(=O)c2cnn3c(C4CCNCC4)cc(=O)[nH]c23)CCN1. The van der Waals surface area contributed by atoms with Crippen LogP contribution in [0.2, 0.25) is 0 Å². The molecule has 9 nitrogen and oxygen atoms in total. The molecular weight excluding hydrogens is 336 g/mol. The number of amides is 2. The van der Waals surface area contributed by atoms with Crippen molar-refractivity contribution in [2.75, 3.05) is 32.7 Å². The minimum atomic E-state index is -0.228. The van der Waals surface area contributed by atoms with Crippen LogP contribution in [-0.4, -0.2) is 64.0 Å². The van der Waals surface area contributed by atoms with Gasteiger partial charge in [0.25, 0.3) is 11.5 Å². The fraction of sp³-hybridized carbons (Fsp3) is 0.529. The van der Waals surface area contributed by atoms with Gasteiger partial charge in [-0.25, -0.2) is 4.52 Å². The quantitative estimate of drug-likeness (QED) is 0.667. The van der Waals surface area contributed by atoms with Crippen molar-refractivity contribution in [3.8, 4) is 0 Å². The highest BCUT2D eigenvalue weighted by Gasteiger charge is 2.25. The average molecular weight is 358 g/mol. The third-order valence-corrected chi connectivity index (χ3v) is 5.12. The van der Waals surface area contributed by atoms with E-state index >= 15 is 0 Å². The molecule has 2 aromatic heterocycles. The van der Waals surface area contributed by atoms with Crippen LogP contribution in [0.25, 0.3) is 5.65 Å². The molecule has 2 saturated heterocycles. The summed E-state index contributed by atoms with van der Waals surface area (Å²) in [6, 6.07) is 1.58. The van der Waals surface area contributed by atoms with Gasteiger partial charge < -0.3 is 20.5 Å². The van der Waals surface area contributed by atoms with Crippen molar-refractivity contribution in [2.45, 2.75) is 25.2 Å². The normalized spacial score (nSPS) is 19.4. The van der Waals surface area contributed by atoms with Crippen molar-refractivity contribution in [2.24, 2.45) is 0 Å². The Hall–Kier alpha value is -2.68. The molecule has 0 radical (unpaired) electrons. The lowest BCUT2D eigenvalue weighted by Crippen LogP contribution is -2.34. The fourth-order valence-electron chi connectivity index (χ4n) is 3.72. The van der Waals surface area contributed by atoms with E-state index in [0.717, 1.165) is 31.6 Å². The van der Waals surface area contributed by atoms with E-state index in [1.807, 2.05) is 0 Å². The molecule has 4 heterocycles. The zero-order chi connectivity index (χ0) is 18.1. The summed E-state index contributed by atoms with van der Waals surface area (Å²) in [5.74, 6) is -0.0275. The standard InChI is InChI=1S/C17H22N6O3/c24-14-3-7-22(8-6-19-14)17(26)12-10-20-23-13(9-15(25)21-16(12)23)11-1-4-18-5-2-11/h9-11,18H,1-8H2,(H,19,24)(H,21,25). The molecular formula is C17H22N6O3. The second-order valence-corrected chi connectivity index (χ2v) is 6.79. The third-order valence-electron chi connectivity index (χ3n) is 5.12. The van der Waals surface area contributed by atoms with Crippen molar-refractivity contribution in [3.63, 3.8) is 0 Å². The zero-order valence-electron chi connectivity index (χ0n) is 14.5. The number of hydrogen-bond donors (Lipinski definition) is 3. The van der Waals surface area contributed by atoms with Crippen LogP contribution in [0.15, 0.2) is 17.1 Å². The van der Waals surface area contributed by atoms with Gasteiger partial charge in [-0.05, 0) is 25.9 Å². The molecule has 9 heteroatoms. The highest BCUT2D eigenvalue weighted by Crippen LogP contribution is 2.25. The van der Waals surface area contributed by atoms with E-state index in [1.165, 1.54) is 6.20 Å². The predicted octanol–water partition coefficient (Wildman–Crippen LogP) is -0.548. The molecule has 2 aromatic rings. The molecule has 0 unspecified atom stereocenters. The van der Waals surface area contributed by atoms with Crippen LogP contribution in [0.1, 0.15) is 41.2 Å². The summed E-state index contributed by atoms with van der Waals surface area (Å²) in [6.45, 7) is 3.04. The van der Waals surface area contributed by atoms with Crippen LogP contribution in [0.5, 0.6) is 0 Å². The van der Waals surface area contributed by atoms with E-state index in [-0.39, 0.29) is 29.7 Å². The molecule has 0 aliphatic carbocycles. The second-order valence-electron chi connectivity index (χ2n) is 6.79. The molecule has 2 fully saturated rings. The molecule has 0 spiro atoms. The maximum absolute atomic E-state index is 12.9. The number of aromatic nitrogens is 3. The molecule has 2 aliphatic rings.